The highest BCUT2D eigenvalue weighted by Gasteiger charge is 2.22. The maximum atomic E-state index is 12.1. The minimum atomic E-state index is -0.495. The monoisotopic (exact) mass is 314 g/mol. The average molecular weight is 314 g/mol. The number of nitrogens with zero attached hydrogens (tertiary/aromatic N) is 4. The van der Waals surface area contributed by atoms with E-state index < -0.39 is 4.92 Å². The van der Waals surface area contributed by atoms with Crippen molar-refractivity contribution in [1.29, 1.82) is 0 Å². The van der Waals surface area contributed by atoms with Crippen molar-refractivity contribution in [2.45, 2.75) is 20.4 Å². The van der Waals surface area contributed by atoms with Gasteiger partial charge in [0.05, 0.1) is 16.0 Å². The number of aromatic amines is 1. The van der Waals surface area contributed by atoms with E-state index in [-0.39, 0.29) is 23.8 Å². The first-order valence-corrected chi connectivity index (χ1v) is 6.88. The van der Waals surface area contributed by atoms with E-state index in [0.717, 1.165) is 11.0 Å². The average Bonchev–Trinajstić information content (AvgIpc) is 2.99. The molecule has 2 N–H and O–H groups in total. The molecule has 0 atom stereocenters. The summed E-state index contributed by atoms with van der Waals surface area (Å²) in [5.41, 5.74) is 2.10. The number of amides is 1. The lowest BCUT2D eigenvalue weighted by Crippen LogP contribution is -2.21. The lowest BCUT2D eigenvalue weighted by molar-refractivity contribution is -0.386. The van der Waals surface area contributed by atoms with Gasteiger partial charge in [-0.3, -0.25) is 24.9 Å². The summed E-state index contributed by atoms with van der Waals surface area (Å²) in [6.45, 7) is 2.98. The van der Waals surface area contributed by atoms with Crippen LogP contribution in [-0.4, -0.2) is 30.6 Å². The molecule has 0 radical (unpaired) electrons. The van der Waals surface area contributed by atoms with Crippen LogP contribution in [0.3, 0.4) is 0 Å². The first kappa shape index (κ1) is 14.7. The molecule has 118 valence electrons. The number of aromatic nitrogens is 4. The van der Waals surface area contributed by atoms with Gasteiger partial charge < -0.3 is 4.98 Å². The van der Waals surface area contributed by atoms with Gasteiger partial charge in [-0.15, -0.1) is 0 Å². The topological polar surface area (TPSA) is 119 Å². The Hall–Kier alpha value is -3.23. The summed E-state index contributed by atoms with van der Waals surface area (Å²) in [6, 6.07) is 7.39. The Bertz CT molecular complexity index is 878. The second kappa shape index (κ2) is 5.52. The molecule has 23 heavy (non-hydrogen) atoms. The van der Waals surface area contributed by atoms with E-state index in [1.807, 2.05) is 24.3 Å². The number of aryl methyl sites for hydroxylation is 1. The van der Waals surface area contributed by atoms with Crippen molar-refractivity contribution in [1.82, 2.24) is 19.7 Å². The normalized spacial score (nSPS) is 10.9. The van der Waals surface area contributed by atoms with E-state index in [9.17, 15) is 14.9 Å². The van der Waals surface area contributed by atoms with Gasteiger partial charge in [0, 0.05) is 0 Å². The van der Waals surface area contributed by atoms with Gasteiger partial charge in [-0.1, -0.05) is 12.1 Å². The quantitative estimate of drug-likeness (QED) is 0.563. The number of benzene rings is 1. The van der Waals surface area contributed by atoms with Crippen molar-refractivity contribution >= 4 is 28.6 Å². The van der Waals surface area contributed by atoms with Crippen LogP contribution in [0.5, 0.6) is 0 Å². The van der Waals surface area contributed by atoms with Crippen LogP contribution in [0.2, 0.25) is 0 Å². The second-order valence-electron chi connectivity index (χ2n) is 5.08. The zero-order chi connectivity index (χ0) is 16.6. The fraction of sp³-hybridized carbons (Fsp3) is 0.214. The van der Waals surface area contributed by atoms with Gasteiger partial charge in [-0.25, -0.2) is 4.98 Å². The molecule has 0 unspecified atom stereocenters. The van der Waals surface area contributed by atoms with Crippen molar-refractivity contribution < 1.29 is 9.72 Å². The lowest BCUT2D eigenvalue weighted by Gasteiger charge is -2.03. The van der Waals surface area contributed by atoms with Gasteiger partial charge in [0.25, 0.3) is 0 Å². The number of nitro groups is 1. The summed E-state index contributed by atoms with van der Waals surface area (Å²) >= 11 is 0. The Labute approximate surface area is 130 Å². The first-order valence-electron chi connectivity index (χ1n) is 6.88. The fourth-order valence-corrected chi connectivity index (χ4v) is 2.43. The Morgan fingerprint density at radius 3 is 2.78 bits per heavy atom. The molecule has 9 heteroatoms. The number of carbonyl (C=O) groups excluding carboxylic acids is 1. The number of nitrogens with one attached hydrogen (secondary N) is 2. The Morgan fingerprint density at radius 1 is 1.39 bits per heavy atom. The van der Waals surface area contributed by atoms with Crippen LogP contribution in [0, 0.1) is 24.0 Å². The number of H-pyrrole nitrogens is 1. The minimum absolute atomic E-state index is 0.0680. The van der Waals surface area contributed by atoms with Crippen LogP contribution >= 0.6 is 0 Å². The third-order valence-corrected chi connectivity index (χ3v) is 3.47. The summed E-state index contributed by atoms with van der Waals surface area (Å²) < 4.78 is 1.31. The predicted octanol–water partition coefficient (Wildman–Crippen LogP) is 1.92. The summed E-state index contributed by atoms with van der Waals surface area (Å²) in [6.07, 6.45) is 0. The van der Waals surface area contributed by atoms with Crippen LogP contribution in [0.25, 0.3) is 11.0 Å². The van der Waals surface area contributed by atoms with E-state index >= 15 is 0 Å². The van der Waals surface area contributed by atoms with Crippen LogP contribution < -0.4 is 5.32 Å². The molecule has 0 saturated carbocycles. The highest BCUT2D eigenvalue weighted by atomic mass is 16.6. The summed E-state index contributed by atoms with van der Waals surface area (Å²) in [4.78, 5) is 29.8. The molecule has 1 aromatic carbocycles. The Morgan fingerprint density at radius 2 is 2.13 bits per heavy atom. The van der Waals surface area contributed by atoms with E-state index in [1.165, 1.54) is 4.68 Å². The minimum Gasteiger partial charge on any atom is -0.324 e. The molecule has 9 nitrogen and oxygen atoms in total. The number of rotatable bonds is 4. The third kappa shape index (κ3) is 2.76. The number of hydrogen-bond donors (Lipinski definition) is 2. The number of fused-ring (bicyclic) bond motifs is 1. The number of carbonyl (C=O) groups is 1. The van der Waals surface area contributed by atoms with Crippen molar-refractivity contribution in [3.05, 3.63) is 45.8 Å². The van der Waals surface area contributed by atoms with Gasteiger partial charge in [0.2, 0.25) is 11.9 Å². The maximum absolute atomic E-state index is 12.1. The number of para-hydroxylation sites is 2. The number of anilines is 1. The molecular weight excluding hydrogens is 300 g/mol. The lowest BCUT2D eigenvalue weighted by atomic mass is 10.3. The van der Waals surface area contributed by atoms with Crippen LogP contribution in [0.15, 0.2) is 24.3 Å². The first-order chi connectivity index (χ1) is 11.0. The fourth-order valence-electron chi connectivity index (χ4n) is 2.43. The van der Waals surface area contributed by atoms with Crippen molar-refractivity contribution in [2.24, 2.45) is 0 Å². The van der Waals surface area contributed by atoms with Gasteiger partial charge in [0.1, 0.15) is 17.9 Å². The largest absolute Gasteiger partial charge is 0.324 e. The summed E-state index contributed by atoms with van der Waals surface area (Å²) in [5, 5.41) is 17.6. The highest BCUT2D eigenvalue weighted by Crippen LogP contribution is 2.21. The van der Waals surface area contributed by atoms with Gasteiger partial charge in [0.15, 0.2) is 0 Å². The Kier molecular flexibility index (Phi) is 3.53. The molecule has 0 aliphatic rings. The van der Waals surface area contributed by atoms with E-state index in [4.69, 9.17) is 0 Å². The van der Waals surface area contributed by atoms with Crippen LogP contribution in [0.1, 0.15) is 11.4 Å². The molecule has 0 saturated heterocycles. The molecule has 2 heterocycles. The molecule has 0 aliphatic carbocycles. The smallest absolute Gasteiger partial charge is 0.312 e. The molecule has 1 amide bonds. The number of imidazole rings is 1. The van der Waals surface area contributed by atoms with Gasteiger partial charge in [-0.2, -0.15) is 5.10 Å². The van der Waals surface area contributed by atoms with Crippen molar-refractivity contribution in [2.75, 3.05) is 5.32 Å². The molecule has 0 spiro atoms. The molecule has 0 fully saturated rings. The summed E-state index contributed by atoms with van der Waals surface area (Å²) in [7, 11) is 0. The Balaban J connectivity index is 1.77. The summed E-state index contributed by atoms with van der Waals surface area (Å²) in [5.74, 6) is -0.0446. The van der Waals surface area contributed by atoms with Crippen molar-refractivity contribution in [3.8, 4) is 0 Å². The van der Waals surface area contributed by atoms with Gasteiger partial charge >= 0.3 is 5.69 Å². The maximum Gasteiger partial charge on any atom is 0.312 e. The molecule has 2 aromatic heterocycles. The predicted molar refractivity (Wildman–Crippen MR) is 83.1 cm³/mol. The van der Waals surface area contributed by atoms with Gasteiger partial charge in [-0.05, 0) is 26.0 Å². The molecule has 3 rings (SSSR count). The van der Waals surface area contributed by atoms with Crippen molar-refractivity contribution in [3.63, 3.8) is 0 Å². The zero-order valence-electron chi connectivity index (χ0n) is 12.5. The molecule has 0 aliphatic heterocycles. The van der Waals surface area contributed by atoms with E-state index in [1.54, 1.807) is 13.8 Å². The molecule has 0 bridgehead atoms. The molecular formula is C14H14N6O3. The standard InChI is InChI=1S/C14H14N6O3/c1-8-13(20(22)23)9(2)19(18-8)7-12(21)17-14-15-10-5-3-4-6-11(10)16-14/h3-6H,7H2,1-2H3,(H2,15,16,17,21). The second-order valence-corrected chi connectivity index (χ2v) is 5.08. The SMILES string of the molecule is Cc1nn(CC(=O)Nc2nc3ccccc3[nH]2)c(C)c1[N+](=O)[O-]. The van der Waals surface area contributed by atoms with Crippen LogP contribution in [0.4, 0.5) is 11.6 Å². The van der Waals surface area contributed by atoms with E-state index in [0.29, 0.717) is 11.6 Å². The third-order valence-electron chi connectivity index (χ3n) is 3.47. The molecule has 3 aromatic rings. The highest BCUT2D eigenvalue weighted by molar-refractivity contribution is 5.90. The van der Waals surface area contributed by atoms with Crippen LogP contribution in [-0.2, 0) is 11.3 Å². The number of hydrogen-bond acceptors (Lipinski definition) is 5. The zero-order valence-corrected chi connectivity index (χ0v) is 12.5. The van der Waals surface area contributed by atoms with E-state index in [2.05, 4.69) is 20.4 Å².